The number of aryl methyl sites for hydroxylation is 1. The third kappa shape index (κ3) is 5.54. The molecule has 0 aliphatic carbocycles. The molecular weight excluding hydrogens is 364 g/mol. The van der Waals surface area contributed by atoms with Crippen LogP contribution in [-0.4, -0.2) is 53.3 Å². The lowest BCUT2D eigenvalue weighted by atomic mass is 10.1. The lowest BCUT2D eigenvalue weighted by Gasteiger charge is -2.32. The molecule has 2 aromatic heterocycles. The van der Waals surface area contributed by atoms with Gasteiger partial charge in [0.15, 0.2) is 0 Å². The van der Waals surface area contributed by atoms with Gasteiger partial charge in [0.1, 0.15) is 10.8 Å². The number of hydrogen-bond donors (Lipinski definition) is 1. The summed E-state index contributed by atoms with van der Waals surface area (Å²) in [6.07, 6.45) is 4.53. The largest absolute Gasteiger partial charge is 0.378 e. The van der Waals surface area contributed by atoms with Gasteiger partial charge in [-0.3, -0.25) is 4.79 Å². The molecule has 146 valence electrons. The monoisotopic (exact) mass is 390 g/mol. The van der Waals surface area contributed by atoms with E-state index < -0.39 is 0 Å². The van der Waals surface area contributed by atoms with Crippen LogP contribution in [0, 0.1) is 6.92 Å². The first kappa shape index (κ1) is 19.9. The Labute approximate surface area is 163 Å². The number of carbonyl (C=O) groups is 1. The Balaban J connectivity index is 1.57. The van der Waals surface area contributed by atoms with Crippen LogP contribution in [0.25, 0.3) is 0 Å². The normalized spacial score (nSPS) is 15.3. The molecule has 0 aromatic carbocycles. The highest BCUT2D eigenvalue weighted by Crippen LogP contribution is 2.26. The summed E-state index contributed by atoms with van der Waals surface area (Å²) in [6.45, 7) is 4.61. The van der Waals surface area contributed by atoms with E-state index in [1.54, 1.807) is 12.3 Å². The molecule has 0 spiro atoms. The van der Waals surface area contributed by atoms with Crippen molar-refractivity contribution in [3.05, 3.63) is 41.4 Å². The molecule has 3 rings (SSSR count). The van der Waals surface area contributed by atoms with E-state index in [2.05, 4.69) is 10.1 Å². The van der Waals surface area contributed by atoms with Crippen LogP contribution in [0.15, 0.2) is 33.9 Å². The minimum atomic E-state index is 0.0299. The number of thioether (sulfide) groups is 1. The summed E-state index contributed by atoms with van der Waals surface area (Å²) < 4.78 is 10.9. The average Bonchev–Trinajstić information content (AvgIpc) is 3.12. The summed E-state index contributed by atoms with van der Waals surface area (Å²) in [4.78, 5) is 19.3. The van der Waals surface area contributed by atoms with Crippen LogP contribution in [-0.2, 0) is 10.5 Å². The van der Waals surface area contributed by atoms with E-state index in [1.807, 2.05) is 24.0 Å². The minimum Gasteiger partial charge on any atom is -0.378 e. The van der Waals surface area contributed by atoms with Crippen molar-refractivity contribution < 1.29 is 14.1 Å². The Morgan fingerprint density at radius 1 is 1.44 bits per heavy atom. The highest BCUT2D eigenvalue weighted by Gasteiger charge is 2.25. The number of likely N-dealkylation sites (tertiary alicyclic amines) is 1. The second-order valence-corrected chi connectivity index (χ2v) is 7.54. The van der Waals surface area contributed by atoms with Gasteiger partial charge in [0, 0.05) is 37.7 Å². The Kier molecular flexibility index (Phi) is 7.25. The maximum atomic E-state index is 13.0. The molecule has 0 atom stereocenters. The SMILES string of the molecule is Cc1cc(CSc2ncccc2C(=O)N2CCC(OCCCN)CC2)no1. The summed E-state index contributed by atoms with van der Waals surface area (Å²) in [5, 5.41) is 4.72. The number of aromatic nitrogens is 2. The van der Waals surface area contributed by atoms with Crippen molar-refractivity contribution in [3.8, 4) is 0 Å². The maximum absolute atomic E-state index is 13.0. The molecule has 0 saturated carbocycles. The standard InChI is InChI=1S/C19H26N4O3S/c1-14-12-15(22-26-14)13-27-18-17(4-2-8-21-18)19(24)23-9-5-16(6-10-23)25-11-3-7-20/h2,4,8,12,16H,3,5-7,9-11,13,20H2,1H3. The summed E-state index contributed by atoms with van der Waals surface area (Å²) in [7, 11) is 0. The van der Waals surface area contributed by atoms with Crippen LogP contribution in [0.3, 0.4) is 0 Å². The molecule has 8 heteroatoms. The number of nitrogens with zero attached hydrogens (tertiary/aromatic N) is 3. The van der Waals surface area contributed by atoms with Crippen molar-refractivity contribution in [1.82, 2.24) is 15.0 Å². The van der Waals surface area contributed by atoms with Crippen LogP contribution < -0.4 is 5.73 Å². The third-order valence-electron chi connectivity index (χ3n) is 4.47. The fraction of sp³-hybridized carbons (Fsp3) is 0.526. The summed E-state index contributed by atoms with van der Waals surface area (Å²) >= 11 is 1.50. The van der Waals surface area contributed by atoms with Crippen molar-refractivity contribution in [2.24, 2.45) is 5.73 Å². The van der Waals surface area contributed by atoms with Crippen molar-refractivity contribution in [2.75, 3.05) is 26.2 Å². The zero-order valence-corrected chi connectivity index (χ0v) is 16.4. The van der Waals surface area contributed by atoms with Gasteiger partial charge in [-0.05, 0) is 44.9 Å². The molecule has 1 saturated heterocycles. The number of hydrogen-bond acceptors (Lipinski definition) is 7. The second-order valence-electron chi connectivity index (χ2n) is 6.58. The molecule has 1 fully saturated rings. The molecule has 27 heavy (non-hydrogen) atoms. The molecule has 0 radical (unpaired) electrons. The van der Waals surface area contributed by atoms with Gasteiger partial charge in [-0.1, -0.05) is 16.9 Å². The number of amides is 1. The van der Waals surface area contributed by atoms with Gasteiger partial charge in [-0.2, -0.15) is 0 Å². The average molecular weight is 391 g/mol. The van der Waals surface area contributed by atoms with Crippen LogP contribution in [0.4, 0.5) is 0 Å². The lowest BCUT2D eigenvalue weighted by molar-refractivity contribution is 0.00833. The Morgan fingerprint density at radius 2 is 2.26 bits per heavy atom. The van der Waals surface area contributed by atoms with Crippen LogP contribution in [0.2, 0.25) is 0 Å². The fourth-order valence-electron chi connectivity index (χ4n) is 3.03. The minimum absolute atomic E-state index is 0.0299. The van der Waals surface area contributed by atoms with E-state index in [9.17, 15) is 4.79 Å². The Morgan fingerprint density at radius 3 is 2.96 bits per heavy atom. The predicted molar refractivity (Wildman–Crippen MR) is 104 cm³/mol. The van der Waals surface area contributed by atoms with E-state index in [0.29, 0.717) is 37.6 Å². The Bertz CT molecular complexity index is 744. The van der Waals surface area contributed by atoms with E-state index in [4.69, 9.17) is 15.0 Å². The molecule has 1 aliphatic rings. The Hall–Kier alpha value is -1.90. The van der Waals surface area contributed by atoms with E-state index in [1.165, 1.54) is 11.8 Å². The zero-order valence-electron chi connectivity index (χ0n) is 15.6. The van der Waals surface area contributed by atoms with Gasteiger partial charge < -0.3 is 19.9 Å². The number of nitrogens with two attached hydrogens (primary N) is 1. The first-order chi connectivity index (χ1) is 13.2. The van der Waals surface area contributed by atoms with Gasteiger partial charge in [-0.25, -0.2) is 4.98 Å². The van der Waals surface area contributed by atoms with Crippen LogP contribution in [0.5, 0.6) is 0 Å². The molecule has 3 heterocycles. The maximum Gasteiger partial charge on any atom is 0.256 e. The number of carbonyl (C=O) groups excluding carboxylic acids is 1. The third-order valence-corrected chi connectivity index (χ3v) is 5.51. The van der Waals surface area contributed by atoms with Crippen molar-refractivity contribution in [3.63, 3.8) is 0 Å². The zero-order chi connectivity index (χ0) is 19.1. The predicted octanol–water partition coefficient (Wildman–Crippen LogP) is 2.64. The quantitative estimate of drug-likeness (QED) is 0.547. The molecule has 1 aliphatic heterocycles. The molecule has 7 nitrogen and oxygen atoms in total. The molecule has 1 amide bonds. The highest BCUT2D eigenvalue weighted by atomic mass is 32.2. The summed E-state index contributed by atoms with van der Waals surface area (Å²) in [5.74, 6) is 1.42. The summed E-state index contributed by atoms with van der Waals surface area (Å²) in [6, 6.07) is 5.54. The second kappa shape index (κ2) is 9.87. The molecule has 2 aromatic rings. The van der Waals surface area contributed by atoms with Gasteiger partial charge in [-0.15, -0.1) is 0 Å². The smallest absolute Gasteiger partial charge is 0.256 e. The topological polar surface area (TPSA) is 94.5 Å². The van der Waals surface area contributed by atoms with Gasteiger partial charge in [0.2, 0.25) is 0 Å². The van der Waals surface area contributed by atoms with Gasteiger partial charge in [0.05, 0.1) is 17.4 Å². The van der Waals surface area contributed by atoms with E-state index >= 15 is 0 Å². The number of pyridine rings is 1. The number of ether oxygens (including phenoxy) is 1. The van der Waals surface area contributed by atoms with E-state index in [-0.39, 0.29) is 12.0 Å². The van der Waals surface area contributed by atoms with E-state index in [0.717, 1.165) is 35.7 Å². The molecular formula is C19H26N4O3S. The van der Waals surface area contributed by atoms with Gasteiger partial charge >= 0.3 is 0 Å². The van der Waals surface area contributed by atoms with Crippen molar-refractivity contribution >= 4 is 17.7 Å². The molecule has 0 unspecified atom stereocenters. The molecule has 2 N–H and O–H groups in total. The van der Waals surface area contributed by atoms with Gasteiger partial charge in [0.25, 0.3) is 5.91 Å². The van der Waals surface area contributed by atoms with Crippen LogP contribution in [0.1, 0.15) is 41.1 Å². The van der Waals surface area contributed by atoms with Crippen LogP contribution >= 0.6 is 11.8 Å². The summed E-state index contributed by atoms with van der Waals surface area (Å²) in [5.41, 5.74) is 6.99. The molecule has 0 bridgehead atoms. The lowest BCUT2D eigenvalue weighted by Crippen LogP contribution is -2.41. The first-order valence-electron chi connectivity index (χ1n) is 9.28. The fourth-order valence-corrected chi connectivity index (χ4v) is 3.89. The van der Waals surface area contributed by atoms with Crippen molar-refractivity contribution in [1.29, 1.82) is 0 Å². The number of rotatable bonds is 8. The first-order valence-corrected chi connectivity index (χ1v) is 10.3. The highest BCUT2D eigenvalue weighted by molar-refractivity contribution is 7.98. The number of piperidine rings is 1. The van der Waals surface area contributed by atoms with Crippen molar-refractivity contribution in [2.45, 2.75) is 43.1 Å².